The van der Waals surface area contributed by atoms with Gasteiger partial charge in [-0.1, -0.05) is 226 Å². The lowest BCUT2D eigenvalue weighted by Crippen LogP contribution is -2.48. The molecule has 0 aliphatic heterocycles. The number of hydrogen-bond donors (Lipinski definition) is 11. The molecule has 0 aliphatic rings. The highest BCUT2D eigenvalue weighted by atomic mass is 32.1. The standard InChI is InChI=1S/2C23H20N4O3S.C22H24N6O3.C22H20N2O4.C16H15F3N4O3/c1-14-11-17(23(31-14)27-13-16-9-5-6-10-18(16)26-27)22(30)25-19(20(28)21(24)29)12-15-7-3-2-4-8-15;1-13-11-15(20(31-13)22-25-16-9-5-6-10-17(16)26-22)23(30)27-18(19(28)21(24)29)12-14-7-3-2-4-8-14;1-13(2)21-24-10-9-18(26-21)28-17(11-14(3)27-28)22(31)25-16(19(29)20(23)30)12-15-7-5-4-6-8-15;1-14-19(16-10-6-3-7-11-16)17(13-28-14)22(27)24-18(20(25)21(23)26)12-15-8-4-2-5-9-15;1-23-8-10(12(22-23)9-5-3-2-4-6-9)15(26)21-11(7-16(17,18)19)13(24)14(20)25/h2-11,13,19H,12H2,1H3,(H2,24,29)(H,25,30);2-11,18H,12H2,1H3,(H2,24,29)(H,25,26)(H,27,30);4-11,13,16H,12H2,1-3H3,(H2,23,30)(H,25,31);2-11,13,18H,12H2,1H3,(H2,23,26)(H,24,27);2-6,8,11H,7H2,1H3,(H2,20,25)(H,21,26). The van der Waals surface area contributed by atoms with Gasteiger partial charge in [-0.15, -0.1) is 22.7 Å². The Morgan fingerprint density at radius 1 is 0.429 bits per heavy atom. The number of nitrogens with two attached hydrogens (primary N) is 5. The zero-order chi connectivity index (χ0) is 106. The summed E-state index contributed by atoms with van der Waals surface area (Å²) in [6.07, 6.45) is 0.243. The maximum atomic E-state index is 13.1. The highest BCUT2D eigenvalue weighted by Crippen LogP contribution is 2.35. The summed E-state index contributed by atoms with van der Waals surface area (Å²) in [6, 6.07) is 69.8. The third-order valence-corrected chi connectivity index (χ3v) is 24.3. The summed E-state index contributed by atoms with van der Waals surface area (Å²) in [5.41, 5.74) is 35.3. The van der Waals surface area contributed by atoms with Crippen LogP contribution in [0.15, 0.2) is 284 Å². The van der Waals surface area contributed by atoms with Crippen molar-refractivity contribution in [3.63, 3.8) is 0 Å². The van der Waals surface area contributed by atoms with Crippen molar-refractivity contribution in [2.75, 3.05) is 0 Å². The SMILES string of the molecule is Cc1cc(C(=O)NC(Cc2ccccc2)C(=O)C(N)=O)c(-c2nc3ccccc3[nH]2)s1.Cc1cc(C(=O)NC(Cc2ccccc2)C(=O)C(N)=O)c(-n2cc3ccccc3n2)s1.Cc1cc(C(=O)NC(Cc2ccccc2)C(=O)C(N)=O)n(-c2ccnc(C(C)C)n2)n1.Cc1occ(C(=O)NC(Cc2ccccc2)C(=O)C(N)=O)c1-c1ccccc1.Cn1cc(C(=O)NC(CC(F)(F)F)C(=O)C(N)=O)c(-c2ccccc2)n1. The molecule has 8 aromatic carbocycles. The van der Waals surface area contributed by atoms with Crippen LogP contribution in [0.5, 0.6) is 0 Å². The number of aromatic amines is 1. The molecule has 8 heterocycles. The predicted octanol–water partition coefficient (Wildman–Crippen LogP) is 11.1. The molecular formula is C106H99F3N20O16S2. The molecule has 0 radical (unpaired) electrons. The second-order valence-electron chi connectivity index (χ2n) is 33.6. The monoisotopic (exact) mass is 2030 g/mol. The number of ketones is 5. The number of carbonyl (C=O) groups excluding carboxylic acids is 15. The van der Waals surface area contributed by atoms with Crippen LogP contribution in [0.2, 0.25) is 0 Å². The lowest BCUT2D eigenvalue weighted by molar-refractivity contribution is -0.151. The van der Waals surface area contributed by atoms with Crippen LogP contribution in [-0.4, -0.2) is 174 Å². The Hall–Kier alpha value is -18.3. The molecule has 0 spiro atoms. The average Bonchev–Trinajstić information content (AvgIpc) is 1.67. The zero-order valence-electron chi connectivity index (χ0n) is 80.0. The summed E-state index contributed by atoms with van der Waals surface area (Å²) < 4.78 is 47.8. The Morgan fingerprint density at radius 2 is 0.837 bits per heavy atom. The number of aromatic nitrogens is 10. The first-order valence-corrected chi connectivity index (χ1v) is 47.0. The number of Topliss-reactive ketones (excluding diaryl/α,β-unsaturated/α-hetero) is 5. The number of nitrogens with one attached hydrogen (secondary N) is 6. The maximum Gasteiger partial charge on any atom is 0.391 e. The van der Waals surface area contributed by atoms with Crippen molar-refractivity contribution < 1.29 is 89.5 Å². The molecule has 0 bridgehead atoms. The van der Waals surface area contributed by atoms with E-state index in [2.05, 4.69) is 56.5 Å². The number of thiophene rings is 2. The topological polar surface area (TPSA) is 567 Å². The van der Waals surface area contributed by atoms with Gasteiger partial charge in [-0.05, 0) is 91.9 Å². The number of aryl methyl sites for hydroxylation is 5. The molecule has 41 heteroatoms. The summed E-state index contributed by atoms with van der Waals surface area (Å²) in [4.78, 5) is 202. The minimum atomic E-state index is -4.78. The summed E-state index contributed by atoms with van der Waals surface area (Å²) in [5.74, 6) is -11.5. The fraction of sp³-hybridized carbons (Fsp3) is 0.179. The van der Waals surface area contributed by atoms with Gasteiger partial charge in [0.1, 0.15) is 70.3 Å². The van der Waals surface area contributed by atoms with Crippen LogP contribution in [0.4, 0.5) is 13.2 Å². The molecule has 8 aromatic heterocycles. The number of benzene rings is 8. The predicted molar refractivity (Wildman–Crippen MR) is 542 cm³/mol. The van der Waals surface area contributed by atoms with Crippen molar-refractivity contribution in [3.8, 4) is 43.9 Å². The van der Waals surface area contributed by atoms with Crippen LogP contribution >= 0.6 is 22.7 Å². The number of hydrogen-bond acceptors (Lipinski definition) is 24. The molecule has 0 aliphatic carbocycles. The molecule has 5 unspecified atom stereocenters. The molecular weight excluding hydrogens is 1930 g/mol. The van der Waals surface area contributed by atoms with Crippen LogP contribution in [0.3, 0.4) is 0 Å². The summed E-state index contributed by atoms with van der Waals surface area (Å²) in [6.45, 7) is 11.2. The van der Waals surface area contributed by atoms with Gasteiger partial charge in [0.25, 0.3) is 59.1 Å². The minimum absolute atomic E-state index is 0.0388. The number of alkyl halides is 3. The van der Waals surface area contributed by atoms with Crippen LogP contribution < -0.4 is 55.3 Å². The summed E-state index contributed by atoms with van der Waals surface area (Å²) in [7, 11) is 1.53. The number of imidazole rings is 1. The molecule has 0 fully saturated rings. The lowest BCUT2D eigenvalue weighted by Gasteiger charge is -2.17. The molecule has 16 aromatic rings. The van der Waals surface area contributed by atoms with E-state index in [1.807, 2.05) is 227 Å². The third-order valence-electron chi connectivity index (χ3n) is 22.2. The molecule has 16 N–H and O–H groups in total. The number of fused-ring (bicyclic) bond motifs is 2. The van der Waals surface area contributed by atoms with Gasteiger partial charge < -0.3 is 64.7 Å². The van der Waals surface area contributed by atoms with Gasteiger partial charge in [-0.25, -0.2) is 24.3 Å². The average molecular weight is 2030 g/mol. The Morgan fingerprint density at radius 3 is 1.31 bits per heavy atom. The maximum absolute atomic E-state index is 13.1. The van der Waals surface area contributed by atoms with Gasteiger partial charge in [-0.3, -0.25) is 76.6 Å². The molecule has 10 amide bonds. The zero-order valence-corrected chi connectivity index (χ0v) is 81.6. The molecule has 0 saturated heterocycles. The van der Waals surface area contributed by atoms with E-state index in [-0.39, 0.29) is 48.6 Å². The Kier molecular flexibility index (Phi) is 36.2. The number of furan rings is 1. The quantitative estimate of drug-likeness (QED) is 0.0164. The van der Waals surface area contributed by atoms with Gasteiger partial charge in [0, 0.05) is 89.6 Å². The molecule has 147 heavy (non-hydrogen) atoms. The van der Waals surface area contributed by atoms with Gasteiger partial charge in [0.05, 0.1) is 55.8 Å². The van der Waals surface area contributed by atoms with Gasteiger partial charge in [0.15, 0.2) is 5.82 Å². The van der Waals surface area contributed by atoms with Crippen molar-refractivity contribution in [2.24, 2.45) is 35.7 Å². The summed E-state index contributed by atoms with van der Waals surface area (Å²) >= 11 is 2.85. The Balaban J connectivity index is 0.000000164. The smallest absolute Gasteiger partial charge is 0.391 e. The van der Waals surface area contributed by atoms with E-state index >= 15 is 0 Å². The fourth-order valence-corrected chi connectivity index (χ4v) is 17.1. The van der Waals surface area contributed by atoms with E-state index in [0.717, 1.165) is 59.5 Å². The van der Waals surface area contributed by atoms with Crippen LogP contribution in [-0.2, 0) is 80.7 Å². The Bertz CT molecular complexity index is 7270. The second-order valence-corrected chi connectivity index (χ2v) is 36.1. The van der Waals surface area contributed by atoms with Crippen molar-refractivity contribution in [2.45, 2.75) is 116 Å². The van der Waals surface area contributed by atoms with E-state index in [4.69, 9.17) is 33.1 Å². The van der Waals surface area contributed by atoms with Crippen LogP contribution in [0.1, 0.15) is 127 Å². The van der Waals surface area contributed by atoms with Crippen molar-refractivity contribution in [3.05, 3.63) is 357 Å². The normalized spacial score (nSPS) is 11.9. The van der Waals surface area contributed by atoms with Crippen molar-refractivity contribution in [1.29, 1.82) is 0 Å². The number of H-pyrrole nitrogens is 1. The number of primary amides is 5. The number of rotatable bonds is 35. The highest BCUT2D eigenvalue weighted by Gasteiger charge is 2.40. The van der Waals surface area contributed by atoms with E-state index in [1.165, 1.54) is 51.5 Å². The highest BCUT2D eigenvalue weighted by molar-refractivity contribution is 7.16. The van der Waals surface area contributed by atoms with E-state index < -0.39 is 131 Å². The van der Waals surface area contributed by atoms with Gasteiger partial charge in [0.2, 0.25) is 28.9 Å². The van der Waals surface area contributed by atoms with E-state index in [9.17, 15) is 85.1 Å². The first-order chi connectivity index (χ1) is 70.1. The first kappa shape index (κ1) is 108. The number of amides is 10. The van der Waals surface area contributed by atoms with Crippen molar-refractivity contribution >= 4 is 133 Å². The van der Waals surface area contributed by atoms with Gasteiger partial charge >= 0.3 is 6.18 Å². The number of nitrogens with zero attached hydrogens (tertiary/aromatic N) is 9. The molecule has 752 valence electrons. The molecule has 0 saturated carbocycles. The van der Waals surface area contributed by atoms with Crippen molar-refractivity contribution in [1.82, 2.24) is 75.9 Å². The van der Waals surface area contributed by atoms with Crippen LogP contribution in [0.25, 0.3) is 65.8 Å². The second kappa shape index (κ2) is 49.4. The largest absolute Gasteiger partial charge is 0.468 e. The Labute approximate surface area is 845 Å². The molecule has 5 atom stereocenters. The minimum Gasteiger partial charge on any atom is -0.468 e. The summed E-state index contributed by atoms with van der Waals surface area (Å²) in [5, 5.41) is 27.2. The lowest BCUT2D eigenvalue weighted by atomic mass is 9.99. The molecule has 16 rings (SSSR count). The van der Waals surface area contributed by atoms with E-state index in [0.29, 0.717) is 66.6 Å². The van der Waals surface area contributed by atoms with E-state index in [1.54, 1.807) is 91.5 Å². The number of para-hydroxylation sites is 2. The molecule has 36 nitrogen and oxygen atoms in total. The van der Waals surface area contributed by atoms with Crippen LogP contribution in [0, 0.1) is 27.7 Å². The third kappa shape index (κ3) is 29.0. The fourth-order valence-electron chi connectivity index (χ4n) is 15.2. The number of halogens is 3. The first-order valence-electron chi connectivity index (χ1n) is 45.3. The van der Waals surface area contributed by atoms with Gasteiger partial charge in [-0.2, -0.15) is 28.5 Å². The number of carbonyl (C=O) groups is 15.